The second-order valence-electron chi connectivity index (χ2n) is 6.66. The van der Waals surface area contributed by atoms with Crippen LogP contribution in [0.4, 0.5) is 10.5 Å². The number of nitrogens with zero attached hydrogens (tertiary/aromatic N) is 4. The zero-order valence-electron chi connectivity index (χ0n) is 15.8. The summed E-state index contributed by atoms with van der Waals surface area (Å²) in [7, 11) is -1.91. The zero-order chi connectivity index (χ0) is 19.6. The molecule has 0 spiro atoms. The normalized spacial score (nSPS) is 16.2. The van der Waals surface area contributed by atoms with Crippen LogP contribution in [0.15, 0.2) is 35.2 Å². The highest BCUT2D eigenvalue weighted by molar-refractivity contribution is 7.89. The SMILES string of the molecule is Cc1nn(C)c(C)c1S(=O)(=O)N1CCCN(C(=O)Nc2ccccc2)CC1. The van der Waals surface area contributed by atoms with E-state index in [-0.39, 0.29) is 17.5 Å². The van der Waals surface area contributed by atoms with Crippen LogP contribution < -0.4 is 5.32 Å². The fourth-order valence-electron chi connectivity index (χ4n) is 3.32. The van der Waals surface area contributed by atoms with Gasteiger partial charge in [-0.05, 0) is 32.4 Å². The molecule has 0 radical (unpaired) electrons. The maximum Gasteiger partial charge on any atom is 0.321 e. The van der Waals surface area contributed by atoms with Gasteiger partial charge in [0.25, 0.3) is 0 Å². The third-order valence-corrected chi connectivity index (χ3v) is 6.96. The number of hydrogen-bond donors (Lipinski definition) is 1. The highest BCUT2D eigenvalue weighted by Gasteiger charge is 2.32. The first kappa shape index (κ1) is 19.4. The Kier molecular flexibility index (Phi) is 5.52. The lowest BCUT2D eigenvalue weighted by molar-refractivity contribution is 0.214. The molecule has 0 unspecified atom stereocenters. The quantitative estimate of drug-likeness (QED) is 0.866. The lowest BCUT2D eigenvalue weighted by Gasteiger charge is -2.22. The van der Waals surface area contributed by atoms with Gasteiger partial charge in [-0.1, -0.05) is 18.2 Å². The van der Waals surface area contributed by atoms with Crippen molar-refractivity contribution in [3.63, 3.8) is 0 Å². The largest absolute Gasteiger partial charge is 0.323 e. The minimum absolute atomic E-state index is 0.214. The van der Waals surface area contributed by atoms with Crippen LogP contribution in [0.25, 0.3) is 0 Å². The van der Waals surface area contributed by atoms with Crippen molar-refractivity contribution < 1.29 is 13.2 Å². The molecule has 0 atom stereocenters. The van der Waals surface area contributed by atoms with E-state index in [4.69, 9.17) is 0 Å². The van der Waals surface area contributed by atoms with Gasteiger partial charge in [0.2, 0.25) is 10.0 Å². The average molecular weight is 391 g/mol. The van der Waals surface area contributed by atoms with E-state index in [1.54, 1.807) is 30.5 Å². The fourth-order valence-corrected chi connectivity index (χ4v) is 5.19. The first-order valence-electron chi connectivity index (χ1n) is 8.92. The molecule has 146 valence electrons. The molecule has 9 heteroatoms. The molecule has 27 heavy (non-hydrogen) atoms. The number of nitrogens with one attached hydrogen (secondary N) is 1. The number of urea groups is 1. The van der Waals surface area contributed by atoms with Crippen LogP contribution in [-0.2, 0) is 17.1 Å². The Hall–Kier alpha value is -2.39. The summed E-state index contributed by atoms with van der Waals surface area (Å²) in [6, 6.07) is 9.01. The molecule has 1 aromatic heterocycles. The number of rotatable bonds is 3. The predicted molar refractivity (Wildman–Crippen MR) is 103 cm³/mol. The Morgan fingerprint density at radius 3 is 2.41 bits per heavy atom. The fraction of sp³-hybridized carbons (Fsp3) is 0.444. The molecule has 1 aromatic carbocycles. The van der Waals surface area contributed by atoms with Gasteiger partial charge in [-0.2, -0.15) is 9.40 Å². The van der Waals surface area contributed by atoms with Crippen LogP contribution in [0.1, 0.15) is 17.8 Å². The van der Waals surface area contributed by atoms with Crippen molar-refractivity contribution in [2.24, 2.45) is 7.05 Å². The van der Waals surface area contributed by atoms with Gasteiger partial charge in [-0.3, -0.25) is 4.68 Å². The summed E-state index contributed by atoms with van der Waals surface area (Å²) in [6.45, 7) is 4.96. The molecule has 0 aliphatic carbocycles. The van der Waals surface area contributed by atoms with Crippen LogP contribution in [0.3, 0.4) is 0 Å². The molecular formula is C18H25N5O3S. The van der Waals surface area contributed by atoms with Crippen molar-refractivity contribution in [1.82, 2.24) is 19.0 Å². The number of carbonyl (C=O) groups excluding carboxylic acids is 1. The molecule has 1 saturated heterocycles. The van der Waals surface area contributed by atoms with Gasteiger partial charge in [0.1, 0.15) is 4.90 Å². The van der Waals surface area contributed by atoms with E-state index in [0.29, 0.717) is 37.4 Å². The van der Waals surface area contributed by atoms with E-state index in [0.717, 1.165) is 5.69 Å². The van der Waals surface area contributed by atoms with Gasteiger partial charge in [0.05, 0.1) is 11.4 Å². The minimum Gasteiger partial charge on any atom is -0.323 e. The summed E-state index contributed by atoms with van der Waals surface area (Å²) < 4.78 is 29.3. The molecule has 1 aliphatic heterocycles. The zero-order valence-corrected chi connectivity index (χ0v) is 16.7. The number of aryl methyl sites for hydroxylation is 2. The van der Waals surface area contributed by atoms with Crippen molar-refractivity contribution in [2.75, 3.05) is 31.5 Å². The molecular weight excluding hydrogens is 366 g/mol. The van der Waals surface area contributed by atoms with Crippen molar-refractivity contribution in [2.45, 2.75) is 25.2 Å². The molecule has 1 N–H and O–H groups in total. The summed E-state index contributed by atoms with van der Waals surface area (Å²) >= 11 is 0. The summed E-state index contributed by atoms with van der Waals surface area (Å²) in [4.78, 5) is 14.4. The number of benzene rings is 1. The van der Waals surface area contributed by atoms with Gasteiger partial charge < -0.3 is 10.2 Å². The maximum absolute atomic E-state index is 13.1. The van der Waals surface area contributed by atoms with Gasteiger partial charge in [0.15, 0.2) is 0 Å². The standard InChI is InChI=1S/C18H25N5O3S/c1-14-17(15(2)21(3)20-14)27(25,26)23-11-7-10-22(12-13-23)18(24)19-16-8-5-4-6-9-16/h4-6,8-9H,7,10-13H2,1-3H3,(H,19,24). The van der Waals surface area contributed by atoms with E-state index >= 15 is 0 Å². The molecule has 2 heterocycles. The maximum atomic E-state index is 13.1. The summed E-state index contributed by atoms with van der Waals surface area (Å²) in [5.74, 6) is 0. The van der Waals surface area contributed by atoms with E-state index in [1.165, 1.54) is 4.31 Å². The summed E-state index contributed by atoms with van der Waals surface area (Å²) in [5, 5.41) is 7.07. The Morgan fingerprint density at radius 1 is 1.07 bits per heavy atom. The third kappa shape index (κ3) is 3.98. The summed E-state index contributed by atoms with van der Waals surface area (Å²) in [6.07, 6.45) is 0.583. The second kappa shape index (κ2) is 7.69. The van der Waals surface area contributed by atoms with Crippen molar-refractivity contribution in [1.29, 1.82) is 0 Å². The number of carbonyl (C=O) groups is 1. The number of sulfonamides is 1. The van der Waals surface area contributed by atoms with Gasteiger partial charge in [0, 0.05) is 38.9 Å². The molecule has 2 amide bonds. The second-order valence-corrected chi connectivity index (χ2v) is 8.54. The smallest absolute Gasteiger partial charge is 0.321 e. The van der Waals surface area contributed by atoms with E-state index in [2.05, 4.69) is 10.4 Å². The van der Waals surface area contributed by atoms with Crippen LogP contribution in [0.5, 0.6) is 0 Å². The lowest BCUT2D eigenvalue weighted by atomic mass is 10.3. The molecule has 0 bridgehead atoms. The molecule has 2 aromatic rings. The number of hydrogen-bond acceptors (Lipinski definition) is 4. The van der Waals surface area contributed by atoms with Gasteiger partial charge in [-0.25, -0.2) is 13.2 Å². The third-order valence-electron chi connectivity index (χ3n) is 4.81. The number of amides is 2. The van der Waals surface area contributed by atoms with Crippen molar-refractivity contribution in [3.8, 4) is 0 Å². The first-order valence-corrected chi connectivity index (χ1v) is 10.4. The minimum atomic E-state index is -3.64. The summed E-state index contributed by atoms with van der Waals surface area (Å²) in [5.41, 5.74) is 1.84. The van der Waals surface area contributed by atoms with Gasteiger partial charge in [-0.15, -0.1) is 0 Å². The number of aromatic nitrogens is 2. The molecule has 0 saturated carbocycles. The van der Waals surface area contributed by atoms with Crippen LogP contribution in [0.2, 0.25) is 0 Å². The van der Waals surface area contributed by atoms with Crippen LogP contribution >= 0.6 is 0 Å². The average Bonchev–Trinajstić information content (AvgIpc) is 2.81. The Morgan fingerprint density at radius 2 is 1.78 bits per heavy atom. The van der Waals surface area contributed by atoms with Gasteiger partial charge >= 0.3 is 6.03 Å². The Bertz CT molecular complexity index is 924. The number of para-hydroxylation sites is 1. The van der Waals surface area contributed by atoms with E-state index < -0.39 is 10.0 Å². The van der Waals surface area contributed by atoms with E-state index in [1.807, 2.05) is 30.3 Å². The highest BCUT2D eigenvalue weighted by Crippen LogP contribution is 2.24. The monoisotopic (exact) mass is 391 g/mol. The topological polar surface area (TPSA) is 87.5 Å². The predicted octanol–water partition coefficient (Wildman–Crippen LogP) is 1.97. The lowest BCUT2D eigenvalue weighted by Crippen LogP contribution is -2.39. The molecule has 8 nitrogen and oxygen atoms in total. The molecule has 3 rings (SSSR count). The highest BCUT2D eigenvalue weighted by atomic mass is 32.2. The van der Waals surface area contributed by atoms with E-state index in [9.17, 15) is 13.2 Å². The Balaban J connectivity index is 1.72. The van der Waals surface area contributed by atoms with Crippen LogP contribution in [0, 0.1) is 13.8 Å². The molecule has 1 fully saturated rings. The van der Waals surface area contributed by atoms with Crippen molar-refractivity contribution >= 4 is 21.7 Å². The van der Waals surface area contributed by atoms with Crippen molar-refractivity contribution in [3.05, 3.63) is 41.7 Å². The molecule has 1 aliphatic rings. The number of anilines is 1. The van der Waals surface area contributed by atoms with Crippen LogP contribution in [-0.4, -0.2) is 59.6 Å². The first-order chi connectivity index (χ1) is 12.8. The Labute approximate surface area is 159 Å².